The summed E-state index contributed by atoms with van der Waals surface area (Å²) in [4.78, 5) is 120. The van der Waals surface area contributed by atoms with Crippen LogP contribution in [0.5, 0.6) is 0 Å². The van der Waals surface area contributed by atoms with Gasteiger partial charge in [0, 0.05) is 58.4 Å². The topological polar surface area (TPSA) is 335 Å². The number of nitrogens with zero attached hydrogens (tertiary/aromatic N) is 3. The van der Waals surface area contributed by atoms with E-state index < -0.39 is 72.1 Å². The fraction of sp³-hybridized carbons (Fsp3) is 0.618. The zero-order valence-electron chi connectivity index (χ0n) is 57.5. The lowest BCUT2D eigenvalue weighted by atomic mass is 9.89. The van der Waals surface area contributed by atoms with E-state index in [9.17, 15) is 38.4 Å². The molecular weight excluding hydrogens is 1210 g/mol. The van der Waals surface area contributed by atoms with Crippen molar-refractivity contribution in [3.05, 3.63) is 89.5 Å². The number of nitrogens with two attached hydrogens (primary N) is 2. The van der Waals surface area contributed by atoms with Crippen molar-refractivity contribution in [3.8, 4) is 0 Å². The number of rotatable bonds is 43. The Kier molecular flexibility index (Phi) is 34.9. The van der Waals surface area contributed by atoms with Gasteiger partial charge in [-0.1, -0.05) is 97.4 Å². The molecular formula is C68H107N11O15. The number of ether oxygens (including phenoxy) is 6. The number of nitrogens with one attached hydrogen (secondary N) is 6. The molecule has 3 aromatic rings. The van der Waals surface area contributed by atoms with Gasteiger partial charge in [0.15, 0.2) is 0 Å². The summed E-state index contributed by atoms with van der Waals surface area (Å²) >= 11 is 0. The summed E-state index contributed by atoms with van der Waals surface area (Å²) in [5.74, 6) is -4.02. The average molecular weight is 1320 g/mol. The van der Waals surface area contributed by atoms with Gasteiger partial charge in [0.05, 0.1) is 114 Å². The number of amides is 8. The molecule has 0 radical (unpaired) electrons. The number of hydroxylamine groups is 1. The summed E-state index contributed by atoms with van der Waals surface area (Å²) in [6, 6.07) is 16.5. The molecule has 94 heavy (non-hydrogen) atoms. The third kappa shape index (κ3) is 25.8. The van der Waals surface area contributed by atoms with Gasteiger partial charge in [-0.15, -0.1) is 0 Å². The van der Waals surface area contributed by atoms with E-state index in [1.807, 2.05) is 90.9 Å². The maximum absolute atomic E-state index is 14.6. The van der Waals surface area contributed by atoms with Crippen LogP contribution in [0.25, 0.3) is 0 Å². The molecule has 4 rings (SSSR count). The number of hydrogen-bond acceptors (Lipinski definition) is 18. The number of likely N-dealkylation sites (N-methyl/N-ethyl adjacent to an activating group) is 2. The van der Waals surface area contributed by atoms with Gasteiger partial charge in [0.25, 0.3) is 11.8 Å². The van der Waals surface area contributed by atoms with Crippen molar-refractivity contribution in [2.24, 2.45) is 23.7 Å². The van der Waals surface area contributed by atoms with Gasteiger partial charge in [0.2, 0.25) is 35.4 Å². The van der Waals surface area contributed by atoms with E-state index in [1.165, 1.54) is 20.3 Å². The Labute approximate surface area is 555 Å². The predicted octanol–water partition coefficient (Wildman–Crippen LogP) is 4.10. The maximum atomic E-state index is 14.6. The van der Waals surface area contributed by atoms with Crippen LogP contribution in [-0.4, -0.2) is 212 Å². The number of anilines is 3. The summed E-state index contributed by atoms with van der Waals surface area (Å²) < 4.78 is 34.1. The number of hydrogen-bond donors (Lipinski definition) is 8. The van der Waals surface area contributed by atoms with Crippen molar-refractivity contribution in [2.75, 3.05) is 118 Å². The Hall–Kier alpha value is -7.30. The Balaban J connectivity index is 1.21. The van der Waals surface area contributed by atoms with Crippen LogP contribution in [0.15, 0.2) is 72.8 Å². The maximum Gasteiger partial charge on any atom is 0.266 e. The van der Waals surface area contributed by atoms with E-state index in [2.05, 4.69) is 32.1 Å². The van der Waals surface area contributed by atoms with E-state index in [0.29, 0.717) is 100 Å². The minimum absolute atomic E-state index is 0.00304. The van der Waals surface area contributed by atoms with Crippen LogP contribution in [-0.2, 0) is 79.8 Å². The lowest BCUT2D eigenvalue weighted by molar-refractivity contribution is -0.148. The molecule has 0 saturated carbocycles. The summed E-state index contributed by atoms with van der Waals surface area (Å²) in [6.45, 7) is 18.1. The fourth-order valence-electron chi connectivity index (χ4n) is 11.3. The second-order valence-corrected chi connectivity index (χ2v) is 24.8. The van der Waals surface area contributed by atoms with Crippen LogP contribution in [0, 0.1) is 23.7 Å². The molecule has 1 aliphatic heterocycles. The SMILES string of the molecule is CC[C@H](C)[C@@H]([C@@H](CC(=O)N1CCC[C@H]1[C@H](OC)[C@@H](C)C(=O)N[C@@H](Cc1ccccc1)C(=O)NOCc1ccc(NC(=O)[C@@H](C)NC(=O)CCOCCOCCOCCOCCNC(=O)c2ccc(N)c(N)c2)cc1)OC)N(C)C(=O)[C@@H](NC(=O)[C@H](C(C)C)N(C)C)C(C)C. The molecule has 1 heterocycles. The highest BCUT2D eigenvalue weighted by molar-refractivity contribution is 5.97. The number of likely N-dealkylation sites (tertiary alicyclic amines) is 1. The second-order valence-electron chi connectivity index (χ2n) is 24.8. The molecule has 0 aromatic heterocycles. The largest absolute Gasteiger partial charge is 0.397 e. The number of benzene rings is 3. The molecule has 524 valence electrons. The molecule has 26 nitrogen and oxygen atoms in total. The first-order valence-corrected chi connectivity index (χ1v) is 32.6. The van der Waals surface area contributed by atoms with E-state index in [-0.39, 0.29) is 86.4 Å². The normalized spacial score (nSPS) is 16.0. The van der Waals surface area contributed by atoms with Crippen molar-refractivity contribution in [3.63, 3.8) is 0 Å². The third-order valence-corrected chi connectivity index (χ3v) is 16.7. The molecule has 26 heteroatoms. The molecule has 0 spiro atoms. The van der Waals surface area contributed by atoms with E-state index >= 15 is 0 Å². The number of carbonyl (C=O) groups is 8. The number of nitrogen functional groups attached to an aromatic ring is 2. The van der Waals surface area contributed by atoms with Crippen LogP contribution >= 0.6 is 0 Å². The van der Waals surface area contributed by atoms with Crippen LogP contribution in [0.3, 0.4) is 0 Å². The van der Waals surface area contributed by atoms with Crippen molar-refractivity contribution in [2.45, 2.75) is 149 Å². The van der Waals surface area contributed by atoms with E-state index in [4.69, 9.17) is 44.7 Å². The van der Waals surface area contributed by atoms with Gasteiger partial charge in [-0.2, -0.15) is 0 Å². The molecule has 3 aromatic carbocycles. The second kappa shape index (κ2) is 41.5. The first-order chi connectivity index (χ1) is 44.8. The molecule has 0 bridgehead atoms. The lowest BCUT2D eigenvalue weighted by Crippen LogP contribution is -2.59. The first-order valence-electron chi connectivity index (χ1n) is 32.6. The van der Waals surface area contributed by atoms with Gasteiger partial charge < -0.3 is 76.3 Å². The van der Waals surface area contributed by atoms with Crippen molar-refractivity contribution < 1.29 is 71.6 Å². The highest BCUT2D eigenvalue weighted by Gasteiger charge is 2.44. The summed E-state index contributed by atoms with van der Waals surface area (Å²) in [7, 11) is 8.42. The van der Waals surface area contributed by atoms with Crippen LogP contribution in [0.4, 0.5) is 17.1 Å². The minimum Gasteiger partial charge on any atom is -0.397 e. The molecule has 10 N–H and O–H groups in total. The summed E-state index contributed by atoms with van der Waals surface area (Å²) in [6.07, 6.45) is 0.561. The summed E-state index contributed by atoms with van der Waals surface area (Å²) in [5.41, 5.74) is 17.0. The number of methoxy groups -OCH3 is 2. The average Bonchev–Trinajstić information content (AvgIpc) is 1.42. The van der Waals surface area contributed by atoms with Gasteiger partial charge >= 0.3 is 0 Å². The molecule has 1 fully saturated rings. The quantitative estimate of drug-likeness (QED) is 0.0225. The molecule has 0 aliphatic carbocycles. The van der Waals surface area contributed by atoms with Crippen LogP contribution in [0.2, 0.25) is 0 Å². The number of carbonyl (C=O) groups excluding carboxylic acids is 8. The van der Waals surface area contributed by atoms with Crippen molar-refractivity contribution in [1.82, 2.24) is 41.4 Å². The van der Waals surface area contributed by atoms with Crippen molar-refractivity contribution in [1.29, 1.82) is 0 Å². The highest BCUT2D eigenvalue weighted by atomic mass is 16.7. The predicted molar refractivity (Wildman–Crippen MR) is 358 cm³/mol. The molecule has 0 unspecified atom stereocenters. The Morgan fingerprint density at radius 2 is 1.30 bits per heavy atom. The fourth-order valence-corrected chi connectivity index (χ4v) is 11.3. The monoisotopic (exact) mass is 1320 g/mol. The highest BCUT2D eigenvalue weighted by Crippen LogP contribution is 2.30. The van der Waals surface area contributed by atoms with Gasteiger partial charge in [-0.3, -0.25) is 48.1 Å². The Bertz CT molecular complexity index is 2820. The standard InChI is InChI=1S/C68H107N11O15/c1-14-45(6)61(78(11)68(87)59(43(2)3)75-67(86)60(44(4)5)77(9)10)56(88-12)41-58(81)79-30-18-21-55(79)62(89-13)46(7)63(82)74-54(39-48-19-16-15-17-20-48)66(85)76-94-42-49-22-25-51(26-23-49)73-64(83)47(8)72-57(80)28-31-90-33-35-92-37-38-93-36-34-91-32-29-71-65(84)50-24-27-52(69)53(70)40-50/h15-17,19-20,22-27,40,43-47,54-56,59-62H,14,18,21,28-39,41-42,69-70H2,1-13H3,(H,71,84)(H,72,80)(H,73,83)(H,74,82)(H,75,86)(H,76,85)/t45-,46+,47+,54-,55-,56+,59-,60-,61-,62+/m0/s1. The Morgan fingerprint density at radius 1 is 0.670 bits per heavy atom. The Morgan fingerprint density at radius 3 is 1.87 bits per heavy atom. The van der Waals surface area contributed by atoms with Crippen LogP contribution < -0.4 is 43.5 Å². The lowest BCUT2D eigenvalue weighted by Gasteiger charge is -2.41. The third-order valence-electron chi connectivity index (χ3n) is 16.7. The van der Waals surface area contributed by atoms with Gasteiger partial charge in [-0.25, -0.2) is 5.48 Å². The molecule has 1 saturated heterocycles. The van der Waals surface area contributed by atoms with Crippen LogP contribution in [0.1, 0.15) is 109 Å². The van der Waals surface area contributed by atoms with E-state index in [1.54, 1.807) is 67.1 Å². The van der Waals surface area contributed by atoms with Gasteiger partial charge in [0.1, 0.15) is 18.1 Å². The molecule has 10 atom stereocenters. The molecule has 1 aliphatic rings. The zero-order chi connectivity index (χ0) is 69.4. The summed E-state index contributed by atoms with van der Waals surface area (Å²) in [5, 5.41) is 14.2. The molecule has 8 amide bonds. The first kappa shape index (κ1) is 79.1. The zero-order valence-corrected chi connectivity index (χ0v) is 57.5. The van der Waals surface area contributed by atoms with E-state index in [0.717, 1.165) is 5.56 Å². The van der Waals surface area contributed by atoms with Gasteiger partial charge in [-0.05, 0) is 93.1 Å². The smallest absolute Gasteiger partial charge is 0.266 e. The van der Waals surface area contributed by atoms with Crippen molar-refractivity contribution >= 4 is 64.3 Å². The minimum atomic E-state index is -1.07.